The minimum atomic E-state index is -0.167. The summed E-state index contributed by atoms with van der Waals surface area (Å²) in [6.45, 7) is 3.55. The highest BCUT2D eigenvalue weighted by atomic mass is 35.5. The Morgan fingerprint density at radius 3 is 2.62 bits per heavy atom. The summed E-state index contributed by atoms with van der Waals surface area (Å²) < 4.78 is 6.78. The first-order valence-corrected chi connectivity index (χ1v) is 5.17. The molecule has 2 heterocycles. The lowest BCUT2D eigenvalue weighted by atomic mass is 10.1. The molecule has 0 atom stereocenters. The highest BCUT2D eigenvalue weighted by Gasteiger charge is 2.21. The number of aromatic nitrogens is 2. The van der Waals surface area contributed by atoms with Gasteiger partial charge in [0.15, 0.2) is 0 Å². The highest BCUT2D eigenvalue weighted by molar-refractivity contribution is 6.34. The van der Waals surface area contributed by atoms with Crippen molar-refractivity contribution in [2.45, 2.75) is 13.8 Å². The van der Waals surface area contributed by atoms with E-state index in [0.717, 1.165) is 0 Å². The summed E-state index contributed by atoms with van der Waals surface area (Å²) in [7, 11) is 1.68. The average Bonchev–Trinajstić information content (AvgIpc) is 2.70. The molecule has 16 heavy (non-hydrogen) atoms. The zero-order valence-electron chi connectivity index (χ0n) is 9.24. The smallest absolute Gasteiger partial charge is 0.216 e. The summed E-state index contributed by atoms with van der Waals surface area (Å²) in [4.78, 5) is 12.2. The number of furan rings is 1. The molecule has 0 N–H and O–H groups in total. The molecule has 0 unspecified atom stereocenters. The summed E-state index contributed by atoms with van der Waals surface area (Å²) in [6, 6.07) is 1.71. The molecule has 0 amide bonds. The van der Waals surface area contributed by atoms with Crippen LogP contribution in [0.3, 0.4) is 0 Å². The maximum atomic E-state index is 12.2. The fraction of sp³-hybridized carbons (Fsp3) is 0.273. The first-order chi connectivity index (χ1) is 7.50. The van der Waals surface area contributed by atoms with Crippen molar-refractivity contribution in [3.05, 3.63) is 40.1 Å². The van der Waals surface area contributed by atoms with Crippen LogP contribution in [0.2, 0.25) is 5.02 Å². The van der Waals surface area contributed by atoms with Gasteiger partial charge < -0.3 is 4.42 Å². The number of carbonyl (C=O) groups is 1. The summed E-state index contributed by atoms with van der Waals surface area (Å²) in [5.41, 5.74) is 0.911. The standard InChI is InChI=1S/C11H11ClN2O2/c1-6-4-8(7(2)16-6)11(15)10-9(12)5-13-14(10)3/h4-5H,1-3H3. The molecule has 2 aromatic rings. The number of rotatable bonds is 2. The number of hydrogen-bond acceptors (Lipinski definition) is 3. The molecule has 0 aliphatic carbocycles. The molecule has 2 rings (SSSR count). The Labute approximate surface area is 97.8 Å². The molecule has 0 bridgehead atoms. The van der Waals surface area contributed by atoms with E-state index in [2.05, 4.69) is 5.10 Å². The summed E-state index contributed by atoms with van der Waals surface area (Å²) in [6.07, 6.45) is 1.46. The molecule has 4 nitrogen and oxygen atoms in total. The van der Waals surface area contributed by atoms with Gasteiger partial charge in [0.25, 0.3) is 0 Å². The minimum absolute atomic E-state index is 0.167. The molecule has 0 aliphatic heterocycles. The number of ketones is 1. The van der Waals surface area contributed by atoms with E-state index in [9.17, 15) is 4.79 Å². The van der Waals surface area contributed by atoms with Crippen LogP contribution in [0.4, 0.5) is 0 Å². The van der Waals surface area contributed by atoms with Crippen LogP contribution in [0.15, 0.2) is 16.7 Å². The van der Waals surface area contributed by atoms with E-state index in [-0.39, 0.29) is 5.78 Å². The quantitative estimate of drug-likeness (QED) is 0.756. The topological polar surface area (TPSA) is 48.0 Å². The second kappa shape index (κ2) is 3.79. The Bertz CT molecular complexity index is 535. The van der Waals surface area contributed by atoms with Gasteiger partial charge in [-0.1, -0.05) is 11.6 Å². The van der Waals surface area contributed by atoms with Gasteiger partial charge in [0.1, 0.15) is 17.2 Å². The second-order valence-electron chi connectivity index (χ2n) is 3.62. The molecule has 5 heteroatoms. The van der Waals surface area contributed by atoms with Gasteiger partial charge in [0, 0.05) is 7.05 Å². The Hall–Kier alpha value is -1.55. The van der Waals surface area contributed by atoms with E-state index in [1.807, 2.05) is 0 Å². The van der Waals surface area contributed by atoms with Crippen molar-refractivity contribution in [1.29, 1.82) is 0 Å². The molecule has 0 aromatic carbocycles. The van der Waals surface area contributed by atoms with Gasteiger partial charge in [-0.3, -0.25) is 9.48 Å². The number of nitrogens with zero attached hydrogens (tertiary/aromatic N) is 2. The minimum Gasteiger partial charge on any atom is -0.466 e. The fourth-order valence-electron chi connectivity index (χ4n) is 1.65. The Morgan fingerprint density at radius 1 is 1.50 bits per heavy atom. The maximum Gasteiger partial charge on any atom is 0.216 e. The largest absolute Gasteiger partial charge is 0.466 e. The van der Waals surface area contributed by atoms with E-state index in [1.54, 1.807) is 27.0 Å². The molecule has 0 radical (unpaired) electrons. The SMILES string of the molecule is Cc1cc(C(=O)c2c(Cl)cnn2C)c(C)o1. The third-order valence-electron chi connectivity index (χ3n) is 2.39. The van der Waals surface area contributed by atoms with Crippen molar-refractivity contribution >= 4 is 17.4 Å². The zero-order valence-corrected chi connectivity index (χ0v) is 10.00. The predicted octanol–water partition coefficient (Wildman–Crippen LogP) is 2.51. The van der Waals surface area contributed by atoms with E-state index < -0.39 is 0 Å². The number of carbonyl (C=O) groups excluding carboxylic acids is 1. The van der Waals surface area contributed by atoms with Gasteiger partial charge in [-0.25, -0.2) is 0 Å². The maximum absolute atomic E-state index is 12.2. The molecule has 84 valence electrons. The highest BCUT2D eigenvalue weighted by Crippen LogP contribution is 2.22. The normalized spacial score (nSPS) is 10.8. The lowest BCUT2D eigenvalue weighted by Gasteiger charge is -2.00. The van der Waals surface area contributed by atoms with E-state index >= 15 is 0 Å². The van der Waals surface area contributed by atoms with Gasteiger partial charge in [0.05, 0.1) is 16.8 Å². The van der Waals surface area contributed by atoms with Crippen molar-refractivity contribution in [3.8, 4) is 0 Å². The molecule has 0 aliphatic rings. The molecule has 0 saturated carbocycles. The summed E-state index contributed by atoms with van der Waals surface area (Å²) in [5, 5.41) is 4.29. The zero-order chi connectivity index (χ0) is 11.9. The predicted molar refractivity (Wildman–Crippen MR) is 59.8 cm³/mol. The Morgan fingerprint density at radius 2 is 2.19 bits per heavy atom. The van der Waals surface area contributed by atoms with Gasteiger partial charge in [-0.05, 0) is 19.9 Å². The van der Waals surface area contributed by atoms with Gasteiger partial charge in [-0.2, -0.15) is 5.10 Å². The van der Waals surface area contributed by atoms with Crippen LogP contribution < -0.4 is 0 Å². The lowest BCUT2D eigenvalue weighted by molar-refractivity contribution is 0.102. The second-order valence-corrected chi connectivity index (χ2v) is 4.03. The van der Waals surface area contributed by atoms with Gasteiger partial charge >= 0.3 is 0 Å². The van der Waals surface area contributed by atoms with Crippen molar-refractivity contribution < 1.29 is 9.21 Å². The molecule has 0 saturated heterocycles. The molecular weight excluding hydrogens is 228 g/mol. The molecule has 2 aromatic heterocycles. The first kappa shape index (κ1) is 11.0. The molecule has 0 spiro atoms. The van der Waals surface area contributed by atoms with E-state index in [4.69, 9.17) is 16.0 Å². The number of hydrogen-bond donors (Lipinski definition) is 0. The van der Waals surface area contributed by atoms with Crippen LogP contribution in [0, 0.1) is 13.8 Å². The van der Waals surface area contributed by atoms with Gasteiger partial charge in [0.2, 0.25) is 5.78 Å². The van der Waals surface area contributed by atoms with Crippen LogP contribution >= 0.6 is 11.6 Å². The number of halogens is 1. The van der Waals surface area contributed by atoms with E-state index in [0.29, 0.717) is 27.8 Å². The third kappa shape index (κ3) is 1.65. The van der Waals surface area contributed by atoms with Crippen LogP contribution in [0.1, 0.15) is 27.6 Å². The Balaban J connectivity index is 2.51. The lowest BCUT2D eigenvalue weighted by Crippen LogP contribution is -2.09. The van der Waals surface area contributed by atoms with Crippen LogP contribution in [0.25, 0.3) is 0 Å². The number of aryl methyl sites for hydroxylation is 3. The van der Waals surface area contributed by atoms with Crippen molar-refractivity contribution in [2.24, 2.45) is 7.05 Å². The summed E-state index contributed by atoms with van der Waals surface area (Å²) in [5.74, 6) is 1.14. The van der Waals surface area contributed by atoms with Crippen molar-refractivity contribution in [2.75, 3.05) is 0 Å². The van der Waals surface area contributed by atoms with Gasteiger partial charge in [-0.15, -0.1) is 0 Å². The van der Waals surface area contributed by atoms with Crippen molar-refractivity contribution in [1.82, 2.24) is 9.78 Å². The van der Waals surface area contributed by atoms with E-state index in [1.165, 1.54) is 10.9 Å². The summed E-state index contributed by atoms with van der Waals surface area (Å²) >= 11 is 5.91. The van der Waals surface area contributed by atoms with Crippen molar-refractivity contribution in [3.63, 3.8) is 0 Å². The first-order valence-electron chi connectivity index (χ1n) is 4.80. The third-order valence-corrected chi connectivity index (χ3v) is 2.67. The average molecular weight is 239 g/mol. The fourth-order valence-corrected chi connectivity index (χ4v) is 1.90. The van der Waals surface area contributed by atoms with Crippen LogP contribution in [-0.2, 0) is 7.05 Å². The monoisotopic (exact) mass is 238 g/mol. The Kier molecular flexibility index (Phi) is 2.59. The molecular formula is C11H11ClN2O2. The van der Waals surface area contributed by atoms with Crippen LogP contribution in [0.5, 0.6) is 0 Å². The molecule has 0 fully saturated rings. The van der Waals surface area contributed by atoms with Crippen LogP contribution in [-0.4, -0.2) is 15.6 Å².